The van der Waals surface area contributed by atoms with Crippen LogP contribution in [0.2, 0.25) is 0 Å². The zero-order chi connectivity index (χ0) is 13.8. The highest BCUT2D eigenvalue weighted by molar-refractivity contribution is 7.16. The minimum atomic E-state index is -0.410. The van der Waals surface area contributed by atoms with Crippen molar-refractivity contribution in [3.8, 4) is 0 Å². The van der Waals surface area contributed by atoms with Gasteiger partial charge in [0.05, 0.1) is 11.5 Å². The molecule has 19 heavy (non-hydrogen) atoms. The summed E-state index contributed by atoms with van der Waals surface area (Å²) in [5.41, 5.74) is 6.64. The van der Waals surface area contributed by atoms with Crippen molar-refractivity contribution < 1.29 is 14.3 Å². The van der Waals surface area contributed by atoms with Crippen molar-refractivity contribution in [2.75, 3.05) is 12.3 Å². The van der Waals surface area contributed by atoms with E-state index >= 15 is 0 Å². The Morgan fingerprint density at radius 3 is 2.53 bits per heavy atom. The van der Waals surface area contributed by atoms with E-state index in [-0.39, 0.29) is 5.78 Å². The second-order valence-corrected chi connectivity index (χ2v) is 4.88. The van der Waals surface area contributed by atoms with Gasteiger partial charge in [-0.1, -0.05) is 12.1 Å². The molecule has 2 N–H and O–H groups in total. The highest BCUT2D eigenvalue weighted by Crippen LogP contribution is 2.23. The van der Waals surface area contributed by atoms with Crippen LogP contribution < -0.4 is 5.73 Å². The smallest absolute Gasteiger partial charge is 0.348 e. The Kier molecular flexibility index (Phi) is 3.97. The van der Waals surface area contributed by atoms with E-state index in [1.165, 1.54) is 0 Å². The first-order valence-corrected chi connectivity index (χ1v) is 6.61. The Bertz CT molecular complexity index is 619. The molecule has 1 heterocycles. The summed E-state index contributed by atoms with van der Waals surface area (Å²) in [6, 6.07) is 10.1. The molecule has 0 radical (unpaired) electrons. The average molecular weight is 275 g/mol. The number of hydrogen-bond acceptors (Lipinski definition) is 5. The topological polar surface area (TPSA) is 69.4 Å². The van der Waals surface area contributed by atoms with Crippen molar-refractivity contribution >= 4 is 28.8 Å². The molecule has 0 saturated heterocycles. The molecule has 98 valence electrons. The van der Waals surface area contributed by atoms with Gasteiger partial charge < -0.3 is 10.5 Å². The summed E-state index contributed by atoms with van der Waals surface area (Å²) < 4.78 is 4.89. The zero-order valence-corrected chi connectivity index (χ0v) is 11.2. The first-order chi connectivity index (χ1) is 9.13. The molecule has 1 aromatic heterocycles. The maximum Gasteiger partial charge on any atom is 0.348 e. The van der Waals surface area contributed by atoms with E-state index in [9.17, 15) is 9.59 Å². The van der Waals surface area contributed by atoms with Crippen LogP contribution in [-0.4, -0.2) is 18.4 Å². The number of nitrogen functional groups attached to an aromatic ring is 1. The fourth-order valence-corrected chi connectivity index (χ4v) is 2.46. The van der Waals surface area contributed by atoms with Gasteiger partial charge in [-0.25, -0.2) is 4.79 Å². The fourth-order valence-electron chi connectivity index (χ4n) is 1.61. The Hall–Kier alpha value is -2.14. The van der Waals surface area contributed by atoms with E-state index in [1.807, 2.05) is 0 Å². The molecule has 0 aliphatic heterocycles. The zero-order valence-electron chi connectivity index (χ0n) is 10.4. The van der Waals surface area contributed by atoms with E-state index < -0.39 is 5.97 Å². The highest BCUT2D eigenvalue weighted by atomic mass is 32.1. The molecule has 0 bridgehead atoms. The molecule has 0 unspecified atom stereocenters. The summed E-state index contributed by atoms with van der Waals surface area (Å²) in [5.74, 6) is -0.591. The summed E-state index contributed by atoms with van der Waals surface area (Å²) in [6.07, 6.45) is 0. The third-order valence-corrected chi connectivity index (χ3v) is 3.58. The molecular formula is C14H13NO3S. The SMILES string of the molecule is CCOC(=O)c1ccc(C(=O)c2ccccc2N)s1. The molecular weight excluding hydrogens is 262 g/mol. The average Bonchev–Trinajstić information content (AvgIpc) is 2.88. The normalized spacial score (nSPS) is 10.2. The predicted molar refractivity (Wildman–Crippen MR) is 74.6 cm³/mol. The van der Waals surface area contributed by atoms with Gasteiger partial charge in [-0.3, -0.25) is 4.79 Å². The van der Waals surface area contributed by atoms with E-state index in [2.05, 4.69) is 0 Å². The van der Waals surface area contributed by atoms with Crippen molar-refractivity contribution in [3.63, 3.8) is 0 Å². The van der Waals surface area contributed by atoms with Gasteiger partial charge in [0.2, 0.25) is 5.78 Å². The number of anilines is 1. The molecule has 0 atom stereocenters. The summed E-state index contributed by atoms with van der Waals surface area (Å²) in [6.45, 7) is 2.05. The van der Waals surface area contributed by atoms with Gasteiger partial charge in [0.15, 0.2) is 0 Å². The van der Waals surface area contributed by atoms with Crippen LogP contribution in [0.4, 0.5) is 5.69 Å². The lowest BCUT2D eigenvalue weighted by molar-refractivity contribution is 0.0532. The van der Waals surface area contributed by atoms with Gasteiger partial charge in [0, 0.05) is 11.3 Å². The molecule has 1 aromatic carbocycles. The molecule has 0 spiro atoms. The Morgan fingerprint density at radius 1 is 1.16 bits per heavy atom. The minimum Gasteiger partial charge on any atom is -0.462 e. The van der Waals surface area contributed by atoms with Crippen LogP contribution in [0.25, 0.3) is 0 Å². The Balaban J connectivity index is 2.26. The van der Waals surface area contributed by atoms with Gasteiger partial charge in [0.25, 0.3) is 0 Å². The number of esters is 1. The van der Waals surface area contributed by atoms with Crippen LogP contribution in [0.1, 0.15) is 31.8 Å². The number of carbonyl (C=O) groups is 2. The molecule has 0 aliphatic rings. The number of carbonyl (C=O) groups excluding carboxylic acids is 2. The number of ether oxygens (including phenoxy) is 1. The van der Waals surface area contributed by atoms with Crippen molar-refractivity contribution in [1.82, 2.24) is 0 Å². The number of benzene rings is 1. The van der Waals surface area contributed by atoms with Crippen molar-refractivity contribution in [1.29, 1.82) is 0 Å². The highest BCUT2D eigenvalue weighted by Gasteiger charge is 2.17. The van der Waals surface area contributed by atoms with Crippen molar-refractivity contribution in [2.45, 2.75) is 6.92 Å². The number of nitrogens with two attached hydrogens (primary N) is 1. The van der Waals surface area contributed by atoms with Crippen LogP contribution in [-0.2, 0) is 4.74 Å². The van der Waals surface area contributed by atoms with E-state index in [0.717, 1.165) is 11.3 Å². The summed E-state index contributed by atoms with van der Waals surface area (Å²) in [7, 11) is 0. The number of hydrogen-bond donors (Lipinski definition) is 1. The minimum absolute atomic E-state index is 0.182. The number of para-hydroxylation sites is 1. The third kappa shape index (κ3) is 2.82. The lowest BCUT2D eigenvalue weighted by Crippen LogP contribution is -2.03. The molecule has 0 saturated carbocycles. The van der Waals surface area contributed by atoms with Crippen LogP contribution in [0.3, 0.4) is 0 Å². The number of ketones is 1. The number of rotatable bonds is 4. The van der Waals surface area contributed by atoms with Crippen LogP contribution in [0, 0.1) is 0 Å². The first-order valence-electron chi connectivity index (χ1n) is 5.79. The maximum absolute atomic E-state index is 12.2. The maximum atomic E-state index is 12.2. The summed E-state index contributed by atoms with van der Waals surface area (Å²) in [5, 5.41) is 0. The van der Waals surface area contributed by atoms with Crippen LogP contribution in [0.5, 0.6) is 0 Å². The van der Waals surface area contributed by atoms with Gasteiger partial charge >= 0.3 is 5.97 Å². The molecule has 0 fully saturated rings. The lowest BCUT2D eigenvalue weighted by atomic mass is 10.1. The van der Waals surface area contributed by atoms with Crippen molar-refractivity contribution in [3.05, 3.63) is 51.7 Å². The summed E-state index contributed by atoms with van der Waals surface area (Å²) >= 11 is 1.11. The standard InChI is InChI=1S/C14H13NO3S/c1-2-18-14(17)12-8-7-11(19-12)13(16)9-5-3-4-6-10(9)15/h3-8H,2,15H2,1H3. The molecule has 2 rings (SSSR count). The second kappa shape index (κ2) is 5.67. The predicted octanol–water partition coefficient (Wildman–Crippen LogP) is 2.74. The first kappa shape index (κ1) is 13.3. The van der Waals surface area contributed by atoms with Crippen LogP contribution in [0.15, 0.2) is 36.4 Å². The quantitative estimate of drug-likeness (QED) is 0.529. The van der Waals surface area contributed by atoms with Gasteiger partial charge in [-0.05, 0) is 31.2 Å². The van der Waals surface area contributed by atoms with E-state index in [4.69, 9.17) is 10.5 Å². The molecule has 5 heteroatoms. The lowest BCUT2D eigenvalue weighted by Gasteiger charge is -2.01. The van der Waals surface area contributed by atoms with E-state index in [0.29, 0.717) is 27.6 Å². The van der Waals surface area contributed by atoms with Gasteiger partial charge in [-0.15, -0.1) is 11.3 Å². The van der Waals surface area contributed by atoms with E-state index in [1.54, 1.807) is 43.3 Å². The molecule has 4 nitrogen and oxygen atoms in total. The number of thiophene rings is 1. The monoisotopic (exact) mass is 275 g/mol. The Morgan fingerprint density at radius 2 is 1.84 bits per heavy atom. The molecule has 0 amide bonds. The second-order valence-electron chi connectivity index (χ2n) is 3.80. The van der Waals surface area contributed by atoms with Gasteiger partial charge in [-0.2, -0.15) is 0 Å². The molecule has 0 aliphatic carbocycles. The summed E-state index contributed by atoms with van der Waals surface area (Å²) in [4.78, 5) is 24.7. The fraction of sp³-hybridized carbons (Fsp3) is 0.143. The van der Waals surface area contributed by atoms with Gasteiger partial charge in [0.1, 0.15) is 4.88 Å². The Labute approximate surface area is 114 Å². The van der Waals surface area contributed by atoms with Crippen molar-refractivity contribution in [2.24, 2.45) is 0 Å². The van der Waals surface area contributed by atoms with Crippen LogP contribution >= 0.6 is 11.3 Å². The largest absolute Gasteiger partial charge is 0.462 e. The third-order valence-electron chi connectivity index (χ3n) is 2.51. The molecule has 2 aromatic rings.